The molecule has 3 atom stereocenters. The van der Waals surface area contributed by atoms with Crippen LogP contribution in [0.3, 0.4) is 0 Å². The number of hydrogen-bond donors (Lipinski definition) is 1. The van der Waals surface area contributed by atoms with Gasteiger partial charge in [-0.2, -0.15) is 0 Å². The minimum Gasteiger partial charge on any atom is -0.469 e. The SMILES string of the molecule is CCNC(=NCCCCN1CCCC(C)C1)N1CC(C)C(C(=O)OC)C1. The molecule has 3 unspecified atom stereocenters. The van der Waals surface area contributed by atoms with Gasteiger partial charge in [-0.05, 0) is 57.5 Å². The number of guanidine groups is 1. The van der Waals surface area contributed by atoms with E-state index in [0.717, 1.165) is 37.9 Å². The fraction of sp³-hybridized carbons (Fsp3) is 0.900. The predicted octanol–water partition coefficient (Wildman–Crippen LogP) is 2.20. The van der Waals surface area contributed by atoms with Crippen LogP contribution in [0.15, 0.2) is 4.99 Å². The molecule has 1 N–H and O–H groups in total. The molecule has 0 aromatic carbocycles. The zero-order valence-corrected chi connectivity index (χ0v) is 17.2. The molecule has 0 bridgehead atoms. The van der Waals surface area contributed by atoms with Gasteiger partial charge in [-0.25, -0.2) is 0 Å². The van der Waals surface area contributed by atoms with Crippen LogP contribution >= 0.6 is 0 Å². The highest BCUT2D eigenvalue weighted by molar-refractivity contribution is 5.82. The summed E-state index contributed by atoms with van der Waals surface area (Å²) in [6.07, 6.45) is 5.05. The molecule has 150 valence electrons. The van der Waals surface area contributed by atoms with Crippen molar-refractivity contribution in [1.82, 2.24) is 15.1 Å². The molecule has 2 aliphatic heterocycles. The van der Waals surface area contributed by atoms with E-state index in [1.807, 2.05) is 0 Å². The number of piperidine rings is 1. The second kappa shape index (κ2) is 10.8. The summed E-state index contributed by atoms with van der Waals surface area (Å²) < 4.78 is 4.94. The third kappa shape index (κ3) is 6.15. The van der Waals surface area contributed by atoms with Crippen LogP contribution < -0.4 is 5.32 Å². The van der Waals surface area contributed by atoms with Gasteiger partial charge in [0.25, 0.3) is 0 Å². The Bertz CT molecular complexity index is 469. The molecule has 0 aromatic heterocycles. The minimum absolute atomic E-state index is 0.0510. The highest BCUT2D eigenvalue weighted by Gasteiger charge is 2.36. The van der Waals surface area contributed by atoms with Gasteiger partial charge in [0.1, 0.15) is 0 Å². The van der Waals surface area contributed by atoms with E-state index < -0.39 is 0 Å². The Kier molecular flexibility index (Phi) is 8.69. The summed E-state index contributed by atoms with van der Waals surface area (Å²) in [5.41, 5.74) is 0. The summed E-state index contributed by atoms with van der Waals surface area (Å²) >= 11 is 0. The molecule has 6 heteroatoms. The Morgan fingerprint density at radius 3 is 2.73 bits per heavy atom. The summed E-state index contributed by atoms with van der Waals surface area (Å²) in [6, 6.07) is 0. The highest BCUT2D eigenvalue weighted by atomic mass is 16.5. The van der Waals surface area contributed by atoms with Crippen LogP contribution in [0.25, 0.3) is 0 Å². The Balaban J connectivity index is 1.76. The molecule has 0 aliphatic carbocycles. The number of hydrogen-bond acceptors (Lipinski definition) is 4. The molecule has 2 fully saturated rings. The molecule has 2 heterocycles. The third-order valence-corrected chi connectivity index (χ3v) is 5.64. The number of nitrogens with one attached hydrogen (secondary N) is 1. The molecule has 2 saturated heterocycles. The molecular formula is C20H38N4O2. The van der Waals surface area contributed by atoms with Gasteiger partial charge in [-0.1, -0.05) is 13.8 Å². The molecule has 6 nitrogen and oxygen atoms in total. The molecule has 0 spiro atoms. The van der Waals surface area contributed by atoms with Crippen molar-refractivity contribution in [3.63, 3.8) is 0 Å². The summed E-state index contributed by atoms with van der Waals surface area (Å²) in [5, 5.41) is 3.38. The van der Waals surface area contributed by atoms with E-state index in [0.29, 0.717) is 12.5 Å². The smallest absolute Gasteiger partial charge is 0.310 e. The largest absolute Gasteiger partial charge is 0.469 e. The first-order valence-electron chi connectivity index (χ1n) is 10.4. The van der Waals surface area contributed by atoms with Crippen molar-refractivity contribution in [1.29, 1.82) is 0 Å². The van der Waals surface area contributed by atoms with Crippen molar-refractivity contribution in [2.45, 2.75) is 46.5 Å². The van der Waals surface area contributed by atoms with Gasteiger partial charge >= 0.3 is 5.97 Å². The number of carbonyl (C=O) groups excluding carboxylic acids is 1. The van der Waals surface area contributed by atoms with E-state index in [-0.39, 0.29) is 11.9 Å². The Hall–Kier alpha value is -1.30. The van der Waals surface area contributed by atoms with Crippen molar-refractivity contribution >= 4 is 11.9 Å². The van der Waals surface area contributed by atoms with Crippen LogP contribution in [0.1, 0.15) is 46.5 Å². The van der Waals surface area contributed by atoms with Gasteiger partial charge in [-0.3, -0.25) is 9.79 Å². The lowest BCUT2D eigenvalue weighted by Crippen LogP contribution is -2.40. The maximum atomic E-state index is 11.9. The Morgan fingerprint density at radius 2 is 2.04 bits per heavy atom. The summed E-state index contributed by atoms with van der Waals surface area (Å²) in [7, 11) is 1.47. The lowest BCUT2D eigenvalue weighted by Gasteiger charge is -2.30. The predicted molar refractivity (Wildman–Crippen MR) is 106 cm³/mol. The van der Waals surface area contributed by atoms with E-state index >= 15 is 0 Å². The monoisotopic (exact) mass is 366 g/mol. The molecular weight excluding hydrogens is 328 g/mol. The number of likely N-dealkylation sites (tertiary alicyclic amines) is 2. The van der Waals surface area contributed by atoms with Gasteiger partial charge in [0, 0.05) is 32.7 Å². The maximum absolute atomic E-state index is 11.9. The molecule has 0 saturated carbocycles. The van der Waals surface area contributed by atoms with Crippen molar-refractivity contribution in [3.8, 4) is 0 Å². The van der Waals surface area contributed by atoms with Gasteiger partial charge < -0.3 is 19.9 Å². The fourth-order valence-corrected chi connectivity index (χ4v) is 4.15. The topological polar surface area (TPSA) is 57.2 Å². The first kappa shape index (κ1) is 21.0. The first-order valence-corrected chi connectivity index (χ1v) is 10.4. The van der Waals surface area contributed by atoms with Gasteiger partial charge in [0.2, 0.25) is 0 Å². The second-order valence-electron chi connectivity index (χ2n) is 8.00. The second-order valence-corrected chi connectivity index (χ2v) is 8.00. The third-order valence-electron chi connectivity index (χ3n) is 5.64. The number of rotatable bonds is 7. The number of unbranched alkanes of at least 4 members (excludes halogenated alkanes) is 1. The van der Waals surface area contributed by atoms with Crippen molar-refractivity contribution in [2.24, 2.45) is 22.7 Å². The number of aliphatic imine (C=N–C) groups is 1. The number of nitrogens with zero attached hydrogens (tertiary/aromatic N) is 3. The van der Waals surface area contributed by atoms with E-state index in [2.05, 4.69) is 35.9 Å². The molecule has 2 rings (SSSR count). The summed E-state index contributed by atoms with van der Waals surface area (Å²) in [4.78, 5) is 21.5. The molecule has 2 aliphatic rings. The minimum atomic E-state index is -0.105. The van der Waals surface area contributed by atoms with E-state index in [4.69, 9.17) is 9.73 Å². The van der Waals surface area contributed by atoms with E-state index in [9.17, 15) is 4.79 Å². The van der Waals surface area contributed by atoms with Gasteiger partial charge in [0.15, 0.2) is 5.96 Å². The molecule has 26 heavy (non-hydrogen) atoms. The van der Waals surface area contributed by atoms with Crippen LogP contribution in [0.4, 0.5) is 0 Å². The van der Waals surface area contributed by atoms with E-state index in [1.165, 1.54) is 46.0 Å². The normalized spacial score (nSPS) is 27.6. The average molecular weight is 367 g/mol. The van der Waals surface area contributed by atoms with Crippen LogP contribution in [-0.4, -0.2) is 74.7 Å². The van der Waals surface area contributed by atoms with Crippen molar-refractivity contribution in [3.05, 3.63) is 0 Å². The van der Waals surface area contributed by atoms with Gasteiger partial charge in [0.05, 0.1) is 13.0 Å². The molecule has 0 amide bonds. The van der Waals surface area contributed by atoms with Crippen molar-refractivity contribution < 1.29 is 9.53 Å². The van der Waals surface area contributed by atoms with Crippen molar-refractivity contribution in [2.75, 3.05) is 52.9 Å². The quantitative estimate of drug-likeness (QED) is 0.324. The average Bonchev–Trinajstić information content (AvgIpc) is 3.01. The zero-order valence-electron chi connectivity index (χ0n) is 17.2. The highest BCUT2D eigenvalue weighted by Crippen LogP contribution is 2.24. The van der Waals surface area contributed by atoms with Crippen LogP contribution in [0, 0.1) is 17.8 Å². The Morgan fingerprint density at radius 1 is 1.23 bits per heavy atom. The molecule has 0 radical (unpaired) electrons. The number of esters is 1. The van der Waals surface area contributed by atoms with Crippen LogP contribution in [0.5, 0.6) is 0 Å². The summed E-state index contributed by atoms with van der Waals surface area (Å²) in [6.45, 7) is 13.5. The number of ether oxygens (including phenoxy) is 1. The molecule has 0 aromatic rings. The lowest BCUT2D eigenvalue weighted by atomic mass is 9.99. The van der Waals surface area contributed by atoms with Crippen LogP contribution in [0.2, 0.25) is 0 Å². The maximum Gasteiger partial charge on any atom is 0.310 e. The standard InChI is InChI=1S/C20H38N4O2/c1-5-21-20(24-14-17(3)18(15-24)19(25)26-4)22-10-6-7-11-23-12-8-9-16(2)13-23/h16-18H,5-15H2,1-4H3,(H,21,22). The van der Waals surface area contributed by atoms with Gasteiger partial charge in [-0.15, -0.1) is 0 Å². The summed E-state index contributed by atoms with van der Waals surface area (Å²) in [5.74, 6) is 1.93. The Labute approximate surface area is 159 Å². The lowest BCUT2D eigenvalue weighted by molar-refractivity contribution is -0.145. The first-order chi connectivity index (χ1) is 12.5. The van der Waals surface area contributed by atoms with Crippen LogP contribution in [-0.2, 0) is 9.53 Å². The fourth-order valence-electron chi connectivity index (χ4n) is 4.15. The van der Waals surface area contributed by atoms with E-state index in [1.54, 1.807) is 0 Å². The zero-order chi connectivity index (χ0) is 18.9. The number of carbonyl (C=O) groups is 1. The number of methoxy groups -OCH3 is 1.